The number of nitrogens with two attached hydrogens (primary N) is 1. The SMILES string of the molecule is NC(=O)COc1ccc(/C=N/NC(=O)CN2CCCCC2)cc1. The molecule has 3 N–H and O–H groups in total. The van der Waals surface area contributed by atoms with Gasteiger partial charge in [-0.15, -0.1) is 0 Å². The third kappa shape index (κ3) is 6.48. The number of piperidine rings is 1. The Morgan fingerprint density at radius 3 is 2.57 bits per heavy atom. The monoisotopic (exact) mass is 318 g/mol. The van der Waals surface area contributed by atoms with Gasteiger partial charge in [-0.2, -0.15) is 5.10 Å². The third-order valence-electron chi connectivity index (χ3n) is 3.48. The van der Waals surface area contributed by atoms with Crippen LogP contribution >= 0.6 is 0 Å². The minimum absolute atomic E-state index is 0.107. The van der Waals surface area contributed by atoms with Crippen molar-refractivity contribution < 1.29 is 14.3 Å². The summed E-state index contributed by atoms with van der Waals surface area (Å²) in [7, 11) is 0. The number of primary amides is 1. The quantitative estimate of drug-likeness (QED) is 0.565. The zero-order chi connectivity index (χ0) is 16.5. The highest BCUT2D eigenvalue weighted by Crippen LogP contribution is 2.10. The summed E-state index contributed by atoms with van der Waals surface area (Å²) in [6, 6.07) is 6.97. The summed E-state index contributed by atoms with van der Waals surface area (Å²) in [5.41, 5.74) is 8.35. The van der Waals surface area contributed by atoms with Gasteiger partial charge in [0, 0.05) is 0 Å². The van der Waals surface area contributed by atoms with Crippen LogP contribution in [0.4, 0.5) is 0 Å². The Morgan fingerprint density at radius 2 is 1.91 bits per heavy atom. The Balaban J connectivity index is 1.73. The molecule has 2 amide bonds. The number of hydrogen-bond acceptors (Lipinski definition) is 5. The van der Waals surface area contributed by atoms with Crippen LogP contribution < -0.4 is 15.9 Å². The Labute approximate surface area is 135 Å². The molecule has 0 atom stereocenters. The van der Waals surface area contributed by atoms with Gasteiger partial charge in [0.2, 0.25) is 0 Å². The maximum absolute atomic E-state index is 11.8. The number of amides is 2. The number of carbonyl (C=O) groups is 2. The van der Waals surface area contributed by atoms with Crippen molar-refractivity contribution in [2.45, 2.75) is 19.3 Å². The first kappa shape index (κ1) is 17.0. The Hall–Kier alpha value is -2.41. The molecular weight excluding hydrogens is 296 g/mol. The second kappa shape index (κ2) is 8.89. The van der Waals surface area contributed by atoms with E-state index in [1.54, 1.807) is 30.5 Å². The summed E-state index contributed by atoms with van der Waals surface area (Å²) in [5.74, 6) is -0.0771. The van der Waals surface area contributed by atoms with Gasteiger partial charge in [0.15, 0.2) is 6.61 Å². The molecule has 0 aliphatic carbocycles. The van der Waals surface area contributed by atoms with E-state index in [9.17, 15) is 9.59 Å². The molecule has 0 unspecified atom stereocenters. The molecule has 0 saturated carbocycles. The second-order valence-corrected chi connectivity index (χ2v) is 5.45. The molecule has 0 bridgehead atoms. The molecule has 1 aliphatic heterocycles. The molecule has 1 saturated heterocycles. The molecule has 124 valence electrons. The van der Waals surface area contributed by atoms with Gasteiger partial charge in [-0.3, -0.25) is 14.5 Å². The minimum Gasteiger partial charge on any atom is -0.484 e. The molecule has 7 nitrogen and oxygen atoms in total. The third-order valence-corrected chi connectivity index (χ3v) is 3.48. The molecule has 0 aromatic heterocycles. The van der Waals surface area contributed by atoms with Gasteiger partial charge in [0.05, 0.1) is 12.8 Å². The van der Waals surface area contributed by atoms with Crippen LogP contribution in [0.1, 0.15) is 24.8 Å². The summed E-state index contributed by atoms with van der Waals surface area (Å²) in [6.07, 6.45) is 5.11. The fraction of sp³-hybridized carbons (Fsp3) is 0.438. The van der Waals surface area contributed by atoms with Crippen molar-refractivity contribution in [3.63, 3.8) is 0 Å². The van der Waals surface area contributed by atoms with Gasteiger partial charge < -0.3 is 10.5 Å². The Bertz CT molecular complexity index is 551. The lowest BCUT2D eigenvalue weighted by Crippen LogP contribution is -2.38. The van der Waals surface area contributed by atoms with E-state index in [4.69, 9.17) is 10.5 Å². The van der Waals surface area contributed by atoms with Crippen LogP contribution in [0, 0.1) is 0 Å². The highest BCUT2D eigenvalue weighted by atomic mass is 16.5. The first-order chi connectivity index (χ1) is 11.1. The van der Waals surface area contributed by atoms with Crippen molar-refractivity contribution in [3.8, 4) is 5.75 Å². The van der Waals surface area contributed by atoms with Gasteiger partial charge in [-0.25, -0.2) is 5.43 Å². The van der Waals surface area contributed by atoms with Crippen molar-refractivity contribution >= 4 is 18.0 Å². The highest BCUT2D eigenvalue weighted by Gasteiger charge is 2.12. The van der Waals surface area contributed by atoms with Crippen LogP contribution in [0.25, 0.3) is 0 Å². The van der Waals surface area contributed by atoms with E-state index >= 15 is 0 Å². The molecule has 1 aromatic carbocycles. The van der Waals surface area contributed by atoms with Crippen LogP contribution in [-0.4, -0.2) is 49.2 Å². The van der Waals surface area contributed by atoms with Gasteiger partial charge >= 0.3 is 0 Å². The van der Waals surface area contributed by atoms with Gasteiger partial charge in [-0.1, -0.05) is 6.42 Å². The zero-order valence-corrected chi connectivity index (χ0v) is 13.0. The molecule has 1 heterocycles. The molecule has 0 spiro atoms. The number of nitrogens with one attached hydrogen (secondary N) is 1. The first-order valence-corrected chi connectivity index (χ1v) is 7.69. The number of ether oxygens (including phenoxy) is 1. The maximum Gasteiger partial charge on any atom is 0.255 e. The van der Waals surface area contributed by atoms with Crippen molar-refractivity contribution in [1.29, 1.82) is 0 Å². The van der Waals surface area contributed by atoms with E-state index in [-0.39, 0.29) is 12.5 Å². The zero-order valence-electron chi connectivity index (χ0n) is 13.0. The topological polar surface area (TPSA) is 97.0 Å². The van der Waals surface area contributed by atoms with E-state index in [1.807, 2.05) is 0 Å². The summed E-state index contributed by atoms with van der Waals surface area (Å²) < 4.78 is 5.16. The standard InChI is InChI=1S/C16H22N4O3/c17-15(21)12-23-14-6-4-13(5-7-14)10-18-19-16(22)11-20-8-2-1-3-9-20/h4-7,10H,1-3,8-9,11-12H2,(H2,17,21)(H,19,22)/b18-10+. The van der Waals surface area contributed by atoms with Crippen LogP contribution in [0.2, 0.25) is 0 Å². The van der Waals surface area contributed by atoms with Crippen LogP contribution in [0.3, 0.4) is 0 Å². The predicted octanol–water partition coefficient (Wildman–Crippen LogP) is 0.487. The molecule has 2 rings (SSSR count). The average Bonchev–Trinajstić information content (AvgIpc) is 2.55. The highest BCUT2D eigenvalue weighted by molar-refractivity contribution is 5.83. The average molecular weight is 318 g/mol. The number of hydrogen-bond donors (Lipinski definition) is 2. The molecule has 23 heavy (non-hydrogen) atoms. The molecular formula is C16H22N4O3. The van der Waals surface area contributed by atoms with Gasteiger partial charge in [0.25, 0.3) is 11.8 Å². The van der Waals surface area contributed by atoms with E-state index in [1.165, 1.54) is 6.42 Å². The molecule has 1 aliphatic rings. The maximum atomic E-state index is 11.8. The first-order valence-electron chi connectivity index (χ1n) is 7.69. The molecule has 1 fully saturated rings. The van der Waals surface area contributed by atoms with Crippen molar-refractivity contribution in [2.75, 3.05) is 26.2 Å². The number of carbonyl (C=O) groups excluding carboxylic acids is 2. The number of likely N-dealkylation sites (tertiary alicyclic amines) is 1. The predicted molar refractivity (Wildman–Crippen MR) is 87.2 cm³/mol. The Kier molecular flexibility index (Phi) is 6.56. The van der Waals surface area contributed by atoms with Crippen molar-refractivity contribution in [2.24, 2.45) is 10.8 Å². The van der Waals surface area contributed by atoms with E-state index < -0.39 is 5.91 Å². The fourth-order valence-electron chi connectivity index (χ4n) is 2.34. The smallest absolute Gasteiger partial charge is 0.255 e. The van der Waals surface area contributed by atoms with E-state index in [2.05, 4.69) is 15.4 Å². The summed E-state index contributed by atoms with van der Waals surface area (Å²) in [5, 5.41) is 3.94. The minimum atomic E-state index is -0.521. The van der Waals surface area contributed by atoms with E-state index in [0.717, 1.165) is 31.5 Å². The molecule has 1 aromatic rings. The lowest BCUT2D eigenvalue weighted by atomic mass is 10.1. The largest absolute Gasteiger partial charge is 0.484 e. The molecule has 7 heteroatoms. The molecule has 0 radical (unpaired) electrons. The van der Waals surface area contributed by atoms with Gasteiger partial charge in [0.1, 0.15) is 5.75 Å². The van der Waals surface area contributed by atoms with Crippen LogP contribution in [0.5, 0.6) is 5.75 Å². The van der Waals surface area contributed by atoms with Crippen molar-refractivity contribution in [1.82, 2.24) is 10.3 Å². The Morgan fingerprint density at radius 1 is 1.22 bits per heavy atom. The van der Waals surface area contributed by atoms with Gasteiger partial charge in [-0.05, 0) is 55.8 Å². The number of benzene rings is 1. The summed E-state index contributed by atoms with van der Waals surface area (Å²) in [6.45, 7) is 2.19. The van der Waals surface area contributed by atoms with Crippen molar-refractivity contribution in [3.05, 3.63) is 29.8 Å². The number of rotatable bonds is 7. The summed E-state index contributed by atoms with van der Waals surface area (Å²) in [4.78, 5) is 24.5. The van der Waals surface area contributed by atoms with Crippen LogP contribution in [0.15, 0.2) is 29.4 Å². The fourth-order valence-corrected chi connectivity index (χ4v) is 2.34. The summed E-state index contributed by atoms with van der Waals surface area (Å²) >= 11 is 0. The normalized spacial score (nSPS) is 15.5. The lowest BCUT2D eigenvalue weighted by molar-refractivity contribution is -0.122. The van der Waals surface area contributed by atoms with Crippen LogP contribution in [-0.2, 0) is 9.59 Å². The second-order valence-electron chi connectivity index (χ2n) is 5.45. The van der Waals surface area contributed by atoms with E-state index in [0.29, 0.717) is 12.3 Å². The lowest BCUT2D eigenvalue weighted by Gasteiger charge is -2.25. The number of hydrazone groups is 1. The number of nitrogens with zero attached hydrogens (tertiary/aromatic N) is 2.